The van der Waals surface area contributed by atoms with Gasteiger partial charge in [0, 0.05) is 18.8 Å². The smallest absolute Gasteiger partial charge is 0.481 e. The molecule has 24 heavy (non-hydrogen) atoms. The summed E-state index contributed by atoms with van der Waals surface area (Å²) in [6.07, 6.45) is 1.41. The number of rotatable bonds is 5. The third-order valence-electron chi connectivity index (χ3n) is 3.03. The Bertz CT molecular complexity index is 821. The fourth-order valence-corrected chi connectivity index (χ4v) is 2.77. The molecule has 5 nitrogen and oxygen atoms in total. The van der Waals surface area contributed by atoms with Crippen molar-refractivity contribution in [3.8, 4) is 5.88 Å². The van der Waals surface area contributed by atoms with Crippen molar-refractivity contribution in [3.05, 3.63) is 47.9 Å². The number of alkyl halides is 3. The molecule has 1 N–H and O–H groups in total. The molecule has 0 spiro atoms. The summed E-state index contributed by atoms with van der Waals surface area (Å²) >= 11 is 0. The molecule has 0 atom stereocenters. The average Bonchev–Trinajstić information content (AvgIpc) is 2.53. The molecular formula is C14H12F4N2O3S. The first-order valence-corrected chi connectivity index (χ1v) is 7.97. The Labute approximate surface area is 135 Å². The van der Waals surface area contributed by atoms with Gasteiger partial charge in [-0.05, 0) is 23.8 Å². The van der Waals surface area contributed by atoms with Gasteiger partial charge in [0.05, 0.1) is 12.8 Å². The van der Waals surface area contributed by atoms with Crippen LogP contribution in [0.5, 0.6) is 5.88 Å². The van der Waals surface area contributed by atoms with Gasteiger partial charge >= 0.3 is 5.51 Å². The van der Waals surface area contributed by atoms with Crippen LogP contribution in [0, 0.1) is 5.82 Å². The quantitative estimate of drug-likeness (QED) is 0.826. The lowest BCUT2D eigenvalue weighted by molar-refractivity contribution is -0.0435. The maximum atomic E-state index is 13.2. The summed E-state index contributed by atoms with van der Waals surface area (Å²) in [7, 11) is -4.26. The summed E-state index contributed by atoms with van der Waals surface area (Å²) in [5, 5.41) is 2.55. The number of halogens is 4. The van der Waals surface area contributed by atoms with Gasteiger partial charge in [0.15, 0.2) is 0 Å². The second-order valence-corrected chi connectivity index (χ2v) is 6.56. The number of pyridine rings is 1. The van der Waals surface area contributed by atoms with Crippen LogP contribution >= 0.6 is 0 Å². The highest BCUT2D eigenvalue weighted by atomic mass is 32.2. The van der Waals surface area contributed by atoms with Crippen LogP contribution in [0.1, 0.15) is 5.56 Å². The van der Waals surface area contributed by atoms with Crippen molar-refractivity contribution in [3.63, 3.8) is 0 Å². The topological polar surface area (TPSA) is 68.3 Å². The molecule has 0 aliphatic carbocycles. The van der Waals surface area contributed by atoms with Crippen molar-refractivity contribution in [2.45, 2.75) is 16.9 Å². The van der Waals surface area contributed by atoms with Crippen LogP contribution in [-0.4, -0.2) is 26.0 Å². The van der Waals surface area contributed by atoms with Gasteiger partial charge in [-0.25, -0.2) is 17.8 Å². The highest BCUT2D eigenvalue weighted by Crippen LogP contribution is 2.35. The van der Waals surface area contributed by atoms with Crippen molar-refractivity contribution >= 4 is 15.5 Å². The van der Waals surface area contributed by atoms with Crippen molar-refractivity contribution in [2.75, 3.05) is 12.4 Å². The number of aromatic nitrogens is 1. The number of anilines is 1. The Kier molecular flexibility index (Phi) is 4.97. The third kappa shape index (κ3) is 3.75. The van der Waals surface area contributed by atoms with Gasteiger partial charge in [0.2, 0.25) is 5.88 Å². The summed E-state index contributed by atoms with van der Waals surface area (Å²) < 4.78 is 79.4. The molecule has 10 heteroatoms. The minimum atomic E-state index is -5.68. The zero-order valence-corrected chi connectivity index (χ0v) is 13.1. The van der Waals surface area contributed by atoms with E-state index in [1.807, 2.05) is 0 Å². The van der Waals surface area contributed by atoms with Crippen LogP contribution < -0.4 is 10.1 Å². The molecule has 1 aromatic heterocycles. The van der Waals surface area contributed by atoms with E-state index in [1.54, 1.807) is 6.07 Å². The zero-order valence-electron chi connectivity index (χ0n) is 12.3. The van der Waals surface area contributed by atoms with Crippen LogP contribution in [0.3, 0.4) is 0 Å². The number of benzene rings is 1. The summed E-state index contributed by atoms with van der Waals surface area (Å²) in [6, 6.07) is 5.27. The van der Waals surface area contributed by atoms with E-state index in [2.05, 4.69) is 10.3 Å². The molecule has 0 amide bonds. The summed E-state index contributed by atoms with van der Waals surface area (Å²) in [5.41, 5.74) is -5.32. The first-order valence-electron chi connectivity index (χ1n) is 6.49. The van der Waals surface area contributed by atoms with Gasteiger partial charge in [0.25, 0.3) is 9.84 Å². The number of ether oxygens (including phenoxy) is 1. The number of methoxy groups -OCH3 is 1. The van der Waals surface area contributed by atoms with Gasteiger partial charge < -0.3 is 10.1 Å². The van der Waals surface area contributed by atoms with Crippen LogP contribution in [0.25, 0.3) is 0 Å². The molecule has 0 aliphatic rings. The van der Waals surface area contributed by atoms with E-state index >= 15 is 0 Å². The minimum Gasteiger partial charge on any atom is -0.481 e. The summed E-state index contributed by atoms with van der Waals surface area (Å²) in [4.78, 5) is 2.74. The second kappa shape index (κ2) is 6.63. The lowest BCUT2D eigenvalue weighted by atomic mass is 10.2. The number of hydrogen-bond acceptors (Lipinski definition) is 5. The maximum absolute atomic E-state index is 13.2. The Morgan fingerprint density at radius 1 is 1.21 bits per heavy atom. The molecular weight excluding hydrogens is 352 g/mol. The van der Waals surface area contributed by atoms with E-state index in [9.17, 15) is 26.0 Å². The largest absolute Gasteiger partial charge is 0.501 e. The second-order valence-electron chi connectivity index (χ2n) is 4.65. The predicted octanol–water partition coefficient (Wildman–Crippen LogP) is 3.13. The van der Waals surface area contributed by atoms with Gasteiger partial charge in [0.1, 0.15) is 10.7 Å². The highest BCUT2D eigenvalue weighted by Gasteiger charge is 2.48. The van der Waals surface area contributed by atoms with Gasteiger partial charge in [-0.1, -0.05) is 6.07 Å². The molecule has 1 heterocycles. The van der Waals surface area contributed by atoms with E-state index in [0.29, 0.717) is 17.5 Å². The molecule has 0 fully saturated rings. The first-order chi connectivity index (χ1) is 11.1. The molecule has 0 aliphatic heterocycles. The fourth-order valence-electron chi connectivity index (χ4n) is 1.82. The molecule has 0 radical (unpaired) electrons. The third-order valence-corrected chi connectivity index (χ3v) is 4.55. The standard InChI is InChI=1S/C14H12F4N2O3S/c1-23-13-5-2-9(8-20-13)7-19-11-4-3-10(15)6-12(11)24(21,22)14(16,17)18/h2-6,8,19H,7H2,1H3. The van der Waals surface area contributed by atoms with Crippen LogP contribution in [-0.2, 0) is 16.4 Å². The highest BCUT2D eigenvalue weighted by molar-refractivity contribution is 7.92. The fraction of sp³-hybridized carbons (Fsp3) is 0.214. The Hall–Kier alpha value is -2.36. The zero-order chi connectivity index (χ0) is 18.0. The summed E-state index contributed by atoms with van der Waals surface area (Å²) in [6.45, 7) is -0.0109. The van der Waals surface area contributed by atoms with Crippen LogP contribution in [0.4, 0.5) is 23.2 Å². The maximum Gasteiger partial charge on any atom is 0.501 e. The van der Waals surface area contributed by atoms with E-state index in [0.717, 1.165) is 12.1 Å². The molecule has 130 valence electrons. The lowest BCUT2D eigenvalue weighted by Gasteiger charge is -2.14. The molecule has 0 saturated carbocycles. The normalized spacial score (nSPS) is 12.0. The molecule has 0 unspecified atom stereocenters. The van der Waals surface area contributed by atoms with Crippen molar-refractivity contribution < 1.29 is 30.7 Å². The van der Waals surface area contributed by atoms with E-state index < -0.39 is 26.1 Å². The van der Waals surface area contributed by atoms with Gasteiger partial charge in [-0.2, -0.15) is 13.2 Å². The van der Waals surface area contributed by atoms with Gasteiger partial charge in [-0.3, -0.25) is 0 Å². The van der Waals surface area contributed by atoms with Crippen molar-refractivity contribution in [1.82, 2.24) is 4.98 Å². The molecule has 2 rings (SSSR count). The number of nitrogens with one attached hydrogen (secondary N) is 1. The summed E-state index contributed by atoms with van der Waals surface area (Å²) in [5.74, 6) is -0.740. The van der Waals surface area contributed by atoms with Crippen molar-refractivity contribution in [2.24, 2.45) is 0 Å². The van der Waals surface area contributed by atoms with Crippen LogP contribution in [0.15, 0.2) is 41.4 Å². The number of hydrogen-bond donors (Lipinski definition) is 1. The molecule has 0 bridgehead atoms. The lowest BCUT2D eigenvalue weighted by Crippen LogP contribution is -2.24. The minimum absolute atomic E-state index is 0.0109. The van der Waals surface area contributed by atoms with E-state index in [-0.39, 0.29) is 12.2 Å². The Morgan fingerprint density at radius 3 is 2.46 bits per heavy atom. The Balaban J connectivity index is 2.30. The molecule has 2 aromatic rings. The first kappa shape index (κ1) is 18.0. The SMILES string of the molecule is COc1ccc(CNc2ccc(F)cc2S(=O)(=O)C(F)(F)F)cn1. The molecule has 1 aromatic carbocycles. The Morgan fingerprint density at radius 2 is 1.92 bits per heavy atom. The molecule has 0 saturated heterocycles. The van der Waals surface area contributed by atoms with Crippen LogP contribution in [0.2, 0.25) is 0 Å². The van der Waals surface area contributed by atoms with Gasteiger partial charge in [-0.15, -0.1) is 0 Å². The van der Waals surface area contributed by atoms with E-state index in [1.165, 1.54) is 19.4 Å². The average molecular weight is 364 g/mol. The number of sulfone groups is 1. The van der Waals surface area contributed by atoms with E-state index in [4.69, 9.17) is 4.74 Å². The monoisotopic (exact) mass is 364 g/mol. The van der Waals surface area contributed by atoms with Crippen molar-refractivity contribution in [1.29, 1.82) is 0 Å². The number of nitrogens with zero attached hydrogens (tertiary/aromatic N) is 1. The predicted molar refractivity (Wildman–Crippen MR) is 77.8 cm³/mol.